The molecular formula is C13H22F3N3. The first-order chi connectivity index (χ1) is 8.70. The molecular weight excluding hydrogens is 255 g/mol. The summed E-state index contributed by atoms with van der Waals surface area (Å²) in [6.07, 6.45) is -0.176. The van der Waals surface area contributed by atoms with Gasteiger partial charge in [0.1, 0.15) is 5.71 Å². The predicted octanol–water partition coefficient (Wildman–Crippen LogP) is 2.97. The highest BCUT2D eigenvalue weighted by Crippen LogP contribution is 2.22. The van der Waals surface area contributed by atoms with Crippen LogP contribution in [0.25, 0.3) is 0 Å². The van der Waals surface area contributed by atoms with Crippen molar-refractivity contribution in [2.24, 2.45) is 11.7 Å². The molecule has 1 rings (SSSR count). The van der Waals surface area contributed by atoms with Crippen LogP contribution >= 0.6 is 0 Å². The Morgan fingerprint density at radius 1 is 1.26 bits per heavy atom. The SMILES string of the molecule is CC(C)/C(=C/C(=N)C(F)(F)F)NC1CCC(N)CC1. The maximum atomic E-state index is 12.4. The summed E-state index contributed by atoms with van der Waals surface area (Å²) < 4.78 is 37.2. The minimum absolute atomic E-state index is 0.0710. The van der Waals surface area contributed by atoms with E-state index in [0.29, 0.717) is 5.70 Å². The van der Waals surface area contributed by atoms with E-state index in [1.54, 1.807) is 0 Å². The van der Waals surface area contributed by atoms with Crippen LogP contribution in [0.1, 0.15) is 39.5 Å². The maximum absolute atomic E-state index is 12.4. The second kappa shape index (κ2) is 6.41. The minimum atomic E-state index is -4.59. The van der Waals surface area contributed by atoms with Gasteiger partial charge in [-0.15, -0.1) is 0 Å². The van der Waals surface area contributed by atoms with Crippen molar-refractivity contribution in [1.82, 2.24) is 5.32 Å². The molecule has 0 atom stereocenters. The molecule has 1 aliphatic rings. The van der Waals surface area contributed by atoms with Crippen molar-refractivity contribution in [3.05, 3.63) is 11.8 Å². The van der Waals surface area contributed by atoms with Gasteiger partial charge in [-0.2, -0.15) is 13.2 Å². The topological polar surface area (TPSA) is 61.9 Å². The Bertz CT molecular complexity index is 340. The number of rotatable bonds is 4. The van der Waals surface area contributed by atoms with Crippen LogP contribution in [-0.2, 0) is 0 Å². The van der Waals surface area contributed by atoms with Gasteiger partial charge in [0.05, 0.1) is 0 Å². The molecule has 1 aliphatic carbocycles. The molecule has 0 aromatic heterocycles. The van der Waals surface area contributed by atoms with E-state index in [0.717, 1.165) is 31.8 Å². The Morgan fingerprint density at radius 3 is 2.21 bits per heavy atom. The fraction of sp³-hybridized carbons (Fsp3) is 0.769. The van der Waals surface area contributed by atoms with Gasteiger partial charge in [0, 0.05) is 17.8 Å². The zero-order chi connectivity index (χ0) is 14.6. The summed E-state index contributed by atoms with van der Waals surface area (Å²) in [5.41, 5.74) is 4.97. The molecule has 3 nitrogen and oxygen atoms in total. The van der Waals surface area contributed by atoms with Gasteiger partial charge < -0.3 is 11.1 Å². The summed E-state index contributed by atoms with van der Waals surface area (Å²) >= 11 is 0. The van der Waals surface area contributed by atoms with Gasteiger partial charge in [-0.05, 0) is 37.7 Å². The first kappa shape index (κ1) is 16.0. The van der Waals surface area contributed by atoms with E-state index in [1.807, 2.05) is 13.8 Å². The van der Waals surface area contributed by atoms with Crippen LogP contribution in [0.15, 0.2) is 11.8 Å². The van der Waals surface area contributed by atoms with Gasteiger partial charge in [-0.25, -0.2) is 0 Å². The summed E-state index contributed by atoms with van der Waals surface area (Å²) in [4.78, 5) is 0. The number of nitrogens with one attached hydrogen (secondary N) is 2. The second-order valence-corrected chi connectivity index (χ2v) is 5.42. The van der Waals surface area contributed by atoms with E-state index in [4.69, 9.17) is 11.1 Å². The molecule has 0 bridgehead atoms. The summed E-state index contributed by atoms with van der Waals surface area (Å²) in [6, 6.07) is 0.368. The normalized spacial score (nSPS) is 25.5. The zero-order valence-electron chi connectivity index (χ0n) is 11.3. The lowest BCUT2D eigenvalue weighted by Crippen LogP contribution is -2.38. The Balaban J connectivity index is 2.68. The third kappa shape index (κ3) is 5.22. The number of hydrogen-bond donors (Lipinski definition) is 3. The quantitative estimate of drug-likeness (QED) is 0.692. The van der Waals surface area contributed by atoms with Gasteiger partial charge in [-0.3, -0.25) is 5.41 Å². The molecule has 1 saturated carbocycles. The minimum Gasteiger partial charge on any atom is -0.385 e. The lowest BCUT2D eigenvalue weighted by Gasteiger charge is -2.30. The van der Waals surface area contributed by atoms with Crippen LogP contribution < -0.4 is 11.1 Å². The summed E-state index contributed by atoms with van der Waals surface area (Å²) in [5.74, 6) is -0.0710. The third-order valence-corrected chi connectivity index (χ3v) is 3.37. The van der Waals surface area contributed by atoms with Crippen molar-refractivity contribution in [2.75, 3.05) is 0 Å². The van der Waals surface area contributed by atoms with E-state index in [-0.39, 0.29) is 18.0 Å². The molecule has 19 heavy (non-hydrogen) atoms. The fourth-order valence-electron chi connectivity index (χ4n) is 2.11. The highest BCUT2D eigenvalue weighted by Gasteiger charge is 2.33. The van der Waals surface area contributed by atoms with E-state index in [9.17, 15) is 13.2 Å². The molecule has 6 heteroatoms. The molecule has 0 unspecified atom stereocenters. The first-order valence-corrected chi connectivity index (χ1v) is 6.59. The van der Waals surface area contributed by atoms with Crippen LogP contribution in [0.4, 0.5) is 13.2 Å². The van der Waals surface area contributed by atoms with E-state index in [2.05, 4.69) is 5.32 Å². The van der Waals surface area contributed by atoms with Gasteiger partial charge in [-0.1, -0.05) is 13.8 Å². The number of hydrogen-bond acceptors (Lipinski definition) is 3. The average molecular weight is 277 g/mol. The second-order valence-electron chi connectivity index (χ2n) is 5.42. The summed E-state index contributed by atoms with van der Waals surface area (Å²) in [5, 5.41) is 10.2. The van der Waals surface area contributed by atoms with Crippen molar-refractivity contribution in [3.63, 3.8) is 0 Å². The molecule has 0 radical (unpaired) electrons. The molecule has 0 aromatic rings. The summed E-state index contributed by atoms with van der Waals surface area (Å²) in [6.45, 7) is 3.63. The number of halogens is 3. The largest absolute Gasteiger partial charge is 0.432 e. The van der Waals surface area contributed by atoms with Gasteiger partial charge >= 0.3 is 6.18 Å². The lowest BCUT2D eigenvalue weighted by atomic mass is 9.91. The molecule has 0 spiro atoms. The summed E-state index contributed by atoms with van der Waals surface area (Å²) in [7, 11) is 0. The molecule has 110 valence electrons. The van der Waals surface area contributed by atoms with Crippen molar-refractivity contribution in [3.8, 4) is 0 Å². The number of allylic oxidation sites excluding steroid dienone is 2. The van der Waals surface area contributed by atoms with Crippen LogP contribution in [-0.4, -0.2) is 24.0 Å². The van der Waals surface area contributed by atoms with Crippen LogP contribution in [0.2, 0.25) is 0 Å². The molecule has 0 aromatic carbocycles. The smallest absolute Gasteiger partial charge is 0.385 e. The van der Waals surface area contributed by atoms with Crippen LogP contribution in [0.3, 0.4) is 0 Å². The van der Waals surface area contributed by atoms with E-state index < -0.39 is 11.9 Å². The average Bonchev–Trinajstić information content (AvgIpc) is 2.29. The Kier molecular flexibility index (Phi) is 5.40. The van der Waals surface area contributed by atoms with Crippen molar-refractivity contribution >= 4 is 5.71 Å². The van der Waals surface area contributed by atoms with Gasteiger partial charge in [0.25, 0.3) is 0 Å². The molecule has 4 N–H and O–H groups in total. The standard InChI is InChI=1S/C13H22F3N3/c1-8(2)11(7-12(18)13(14,15)16)19-10-5-3-9(17)4-6-10/h7-10,18-19H,3-6,17H2,1-2H3/b11-7-,18-12?. The predicted molar refractivity (Wildman–Crippen MR) is 70.1 cm³/mol. The van der Waals surface area contributed by atoms with Crippen molar-refractivity contribution in [1.29, 1.82) is 5.41 Å². The molecule has 1 fully saturated rings. The highest BCUT2D eigenvalue weighted by molar-refractivity contribution is 5.97. The molecule has 0 amide bonds. The molecule has 0 saturated heterocycles. The first-order valence-electron chi connectivity index (χ1n) is 6.59. The van der Waals surface area contributed by atoms with Crippen molar-refractivity contribution < 1.29 is 13.2 Å². The molecule has 0 heterocycles. The Hall–Kier alpha value is -1.04. The molecule has 0 aliphatic heterocycles. The van der Waals surface area contributed by atoms with E-state index >= 15 is 0 Å². The zero-order valence-corrected chi connectivity index (χ0v) is 11.3. The fourth-order valence-corrected chi connectivity index (χ4v) is 2.11. The van der Waals surface area contributed by atoms with Gasteiger partial charge in [0.15, 0.2) is 0 Å². The van der Waals surface area contributed by atoms with Crippen molar-refractivity contribution in [2.45, 2.75) is 57.8 Å². The maximum Gasteiger partial charge on any atom is 0.432 e. The number of alkyl halides is 3. The van der Waals surface area contributed by atoms with Gasteiger partial charge in [0.2, 0.25) is 0 Å². The highest BCUT2D eigenvalue weighted by atomic mass is 19.4. The van der Waals surface area contributed by atoms with Crippen LogP contribution in [0.5, 0.6) is 0 Å². The number of nitrogens with two attached hydrogens (primary N) is 1. The van der Waals surface area contributed by atoms with Crippen LogP contribution in [0, 0.1) is 11.3 Å². The third-order valence-electron chi connectivity index (χ3n) is 3.37. The Morgan fingerprint density at radius 2 is 1.79 bits per heavy atom. The van der Waals surface area contributed by atoms with E-state index in [1.165, 1.54) is 0 Å². The monoisotopic (exact) mass is 277 g/mol. The lowest BCUT2D eigenvalue weighted by molar-refractivity contribution is -0.0584. The Labute approximate surface area is 111 Å².